The van der Waals surface area contributed by atoms with Crippen molar-refractivity contribution in [3.05, 3.63) is 99.3 Å². The summed E-state index contributed by atoms with van der Waals surface area (Å²) in [4.78, 5) is 12.5. The summed E-state index contributed by atoms with van der Waals surface area (Å²) in [6.07, 6.45) is 0. The molecule has 1 aromatic heterocycles. The number of hydrogen-bond acceptors (Lipinski definition) is 5. The van der Waals surface area contributed by atoms with Gasteiger partial charge in [-0.15, -0.1) is 10.2 Å². The van der Waals surface area contributed by atoms with Gasteiger partial charge in [-0.2, -0.15) is 5.26 Å². The van der Waals surface area contributed by atoms with Gasteiger partial charge in [0, 0.05) is 16.5 Å². The van der Waals surface area contributed by atoms with E-state index in [9.17, 15) is 4.79 Å². The Morgan fingerprint density at radius 3 is 2.69 bits per heavy atom. The van der Waals surface area contributed by atoms with E-state index >= 15 is 0 Å². The number of halogens is 2. The lowest BCUT2D eigenvalue weighted by Crippen LogP contribution is -2.29. The predicted molar refractivity (Wildman–Crippen MR) is 139 cm³/mol. The lowest BCUT2D eigenvalue weighted by molar-refractivity contribution is 0.251. The van der Waals surface area contributed by atoms with Gasteiger partial charge in [0.05, 0.1) is 28.9 Å². The topological polar surface area (TPSA) is 95.6 Å². The lowest BCUT2D eigenvalue weighted by Gasteiger charge is -2.13. The molecule has 0 spiro atoms. The molecule has 1 heterocycles. The summed E-state index contributed by atoms with van der Waals surface area (Å²) in [6.45, 7) is 2.16. The number of carbonyl (C=O) groups excluding carboxylic acids is 1. The molecule has 0 saturated heterocycles. The minimum absolute atomic E-state index is 0.0979. The molecule has 0 aliphatic carbocycles. The maximum Gasteiger partial charge on any atom is 0.319 e. The van der Waals surface area contributed by atoms with Crippen molar-refractivity contribution in [1.29, 1.82) is 5.26 Å². The number of aryl methyl sites for hydroxylation is 1. The van der Waals surface area contributed by atoms with Gasteiger partial charge in [0.25, 0.3) is 0 Å². The molecule has 0 atom stereocenters. The zero-order chi connectivity index (χ0) is 24.8. The maximum atomic E-state index is 12.5. The van der Waals surface area contributed by atoms with Crippen LogP contribution in [0.2, 0.25) is 10.0 Å². The number of carbonyl (C=O) groups is 1. The fourth-order valence-corrected chi connectivity index (χ4v) is 4.86. The van der Waals surface area contributed by atoms with Gasteiger partial charge >= 0.3 is 6.03 Å². The van der Waals surface area contributed by atoms with Gasteiger partial charge in [-0.05, 0) is 54.4 Å². The first kappa shape index (κ1) is 24.6. The molecule has 7 nitrogen and oxygen atoms in total. The first-order valence-corrected chi connectivity index (χ1v) is 12.3. The highest BCUT2D eigenvalue weighted by Gasteiger charge is 2.18. The normalized spacial score (nSPS) is 10.6. The third-order valence-electron chi connectivity index (χ3n) is 5.13. The summed E-state index contributed by atoms with van der Waals surface area (Å²) in [5.74, 6) is 1.20. The highest BCUT2D eigenvalue weighted by molar-refractivity contribution is 7.98. The number of nitrogens with zero attached hydrogens (tertiary/aromatic N) is 4. The second-order valence-corrected chi connectivity index (χ2v) is 9.33. The van der Waals surface area contributed by atoms with Gasteiger partial charge in [-0.25, -0.2) is 4.79 Å². The van der Waals surface area contributed by atoms with Crippen molar-refractivity contribution in [2.75, 3.05) is 5.32 Å². The molecule has 4 rings (SSSR count). The number of aromatic nitrogens is 3. The Kier molecular flexibility index (Phi) is 7.93. The molecule has 2 N–H and O–H groups in total. The van der Waals surface area contributed by atoms with Crippen molar-refractivity contribution in [2.24, 2.45) is 0 Å². The number of benzene rings is 3. The monoisotopic (exact) mass is 522 g/mol. The maximum absolute atomic E-state index is 12.5. The third-order valence-corrected chi connectivity index (χ3v) is 6.64. The van der Waals surface area contributed by atoms with Crippen molar-refractivity contribution in [3.8, 4) is 11.8 Å². The summed E-state index contributed by atoms with van der Waals surface area (Å²) >= 11 is 14.1. The minimum atomic E-state index is -0.439. The quantitative estimate of drug-likeness (QED) is 0.275. The van der Waals surface area contributed by atoms with Crippen LogP contribution in [0.1, 0.15) is 22.5 Å². The zero-order valence-corrected chi connectivity index (χ0v) is 21.0. The van der Waals surface area contributed by atoms with Gasteiger partial charge in [-0.3, -0.25) is 4.57 Å². The smallest absolute Gasteiger partial charge is 0.319 e. The van der Waals surface area contributed by atoms with E-state index in [-0.39, 0.29) is 6.54 Å². The SMILES string of the molecule is Cc1ccccc1CSc1nnc(CNC(=O)Nc2cccc(C#N)c2)n1-c1ccc(Cl)cc1Cl. The van der Waals surface area contributed by atoms with Crippen LogP contribution in [0.3, 0.4) is 0 Å². The Morgan fingerprint density at radius 2 is 1.91 bits per heavy atom. The van der Waals surface area contributed by atoms with Crippen LogP contribution in [0, 0.1) is 18.3 Å². The number of amides is 2. The first-order chi connectivity index (χ1) is 16.9. The van der Waals surface area contributed by atoms with Crippen LogP contribution in [-0.4, -0.2) is 20.8 Å². The fourth-order valence-electron chi connectivity index (χ4n) is 3.33. The first-order valence-electron chi connectivity index (χ1n) is 10.6. The summed E-state index contributed by atoms with van der Waals surface area (Å²) in [7, 11) is 0. The molecular formula is C25H20Cl2N6OS. The number of urea groups is 1. The summed E-state index contributed by atoms with van der Waals surface area (Å²) in [6, 6.07) is 21.6. The number of anilines is 1. The highest BCUT2D eigenvalue weighted by Crippen LogP contribution is 2.31. The lowest BCUT2D eigenvalue weighted by atomic mass is 10.1. The van der Waals surface area contributed by atoms with Crippen LogP contribution in [-0.2, 0) is 12.3 Å². The molecule has 4 aromatic rings. The second-order valence-electron chi connectivity index (χ2n) is 7.55. The number of nitriles is 1. The van der Waals surface area contributed by atoms with E-state index in [0.29, 0.717) is 43.7 Å². The number of thioether (sulfide) groups is 1. The largest absolute Gasteiger partial charge is 0.331 e. The number of hydrogen-bond donors (Lipinski definition) is 2. The summed E-state index contributed by atoms with van der Waals surface area (Å²) < 4.78 is 1.82. The van der Waals surface area contributed by atoms with Gasteiger partial charge in [0.1, 0.15) is 0 Å². The fraction of sp³-hybridized carbons (Fsp3) is 0.120. The Bertz CT molecular complexity index is 1420. The molecular weight excluding hydrogens is 503 g/mol. The van der Waals surface area contributed by atoms with Gasteiger partial charge in [0.15, 0.2) is 11.0 Å². The zero-order valence-electron chi connectivity index (χ0n) is 18.6. The molecule has 10 heteroatoms. The van der Waals surface area contributed by atoms with E-state index in [1.165, 1.54) is 22.9 Å². The van der Waals surface area contributed by atoms with Crippen LogP contribution < -0.4 is 10.6 Å². The minimum Gasteiger partial charge on any atom is -0.331 e. The van der Waals surface area contributed by atoms with E-state index < -0.39 is 6.03 Å². The van der Waals surface area contributed by atoms with E-state index in [0.717, 1.165) is 0 Å². The second kappa shape index (κ2) is 11.3. The Morgan fingerprint density at radius 1 is 1.09 bits per heavy atom. The molecule has 35 heavy (non-hydrogen) atoms. The van der Waals surface area contributed by atoms with Gasteiger partial charge < -0.3 is 10.6 Å². The van der Waals surface area contributed by atoms with Gasteiger partial charge in [-0.1, -0.05) is 65.3 Å². The van der Waals surface area contributed by atoms with E-state index in [1.54, 1.807) is 42.5 Å². The Labute approximate surface area is 217 Å². The molecule has 0 saturated carbocycles. The molecule has 3 aromatic carbocycles. The van der Waals surface area contributed by atoms with Crippen LogP contribution >= 0.6 is 35.0 Å². The average molecular weight is 523 g/mol. The molecule has 2 amide bonds. The molecule has 0 aliphatic heterocycles. The average Bonchev–Trinajstić information content (AvgIpc) is 3.25. The molecule has 0 fully saturated rings. The Hall–Kier alpha value is -3.51. The Balaban J connectivity index is 1.56. The third kappa shape index (κ3) is 6.14. The van der Waals surface area contributed by atoms with Gasteiger partial charge in [0.2, 0.25) is 0 Å². The molecule has 176 valence electrons. The van der Waals surface area contributed by atoms with Crippen LogP contribution in [0.5, 0.6) is 0 Å². The summed E-state index contributed by atoms with van der Waals surface area (Å²) in [5, 5.41) is 24.8. The van der Waals surface area contributed by atoms with Crippen LogP contribution in [0.25, 0.3) is 5.69 Å². The van der Waals surface area contributed by atoms with E-state index in [1.807, 2.05) is 22.8 Å². The molecule has 0 radical (unpaired) electrons. The predicted octanol–water partition coefficient (Wildman–Crippen LogP) is 6.37. The molecule has 0 unspecified atom stereocenters. The number of nitrogens with one attached hydrogen (secondary N) is 2. The van der Waals surface area contributed by atoms with Crippen molar-refractivity contribution in [1.82, 2.24) is 20.1 Å². The molecule has 0 bridgehead atoms. The van der Waals surface area contributed by atoms with Crippen molar-refractivity contribution in [3.63, 3.8) is 0 Å². The van der Waals surface area contributed by atoms with E-state index in [4.69, 9.17) is 28.5 Å². The van der Waals surface area contributed by atoms with Crippen molar-refractivity contribution >= 4 is 46.7 Å². The highest BCUT2D eigenvalue weighted by atomic mass is 35.5. The number of rotatable bonds is 7. The van der Waals surface area contributed by atoms with Crippen LogP contribution in [0.4, 0.5) is 10.5 Å². The van der Waals surface area contributed by atoms with Crippen molar-refractivity contribution in [2.45, 2.75) is 24.4 Å². The standard InChI is InChI=1S/C25H20Cl2N6OS/c1-16-5-2-3-7-18(16)15-35-25-32-31-23(33(25)22-10-9-19(26)12-21(22)27)14-29-24(34)30-20-8-4-6-17(11-20)13-28/h2-12H,14-15H2,1H3,(H2,29,30,34). The van der Waals surface area contributed by atoms with E-state index in [2.05, 4.69) is 39.9 Å². The molecule has 0 aliphatic rings. The summed E-state index contributed by atoms with van der Waals surface area (Å²) in [5.41, 5.74) is 4.00. The van der Waals surface area contributed by atoms with Crippen LogP contribution in [0.15, 0.2) is 71.9 Å². The van der Waals surface area contributed by atoms with Crippen molar-refractivity contribution < 1.29 is 4.79 Å².